The summed E-state index contributed by atoms with van der Waals surface area (Å²) in [4.78, 5) is 26.4. The molecule has 1 atom stereocenters. The Kier molecular flexibility index (Phi) is 7.23. The van der Waals surface area contributed by atoms with E-state index in [0.717, 1.165) is 37.5 Å². The van der Waals surface area contributed by atoms with Crippen LogP contribution >= 0.6 is 23.1 Å². The maximum absolute atomic E-state index is 13.6. The smallest absolute Gasteiger partial charge is 0.269 e. The third-order valence-corrected chi connectivity index (χ3v) is 8.98. The number of benzene rings is 3. The summed E-state index contributed by atoms with van der Waals surface area (Å²) in [6.45, 7) is 2.63. The number of thiophene rings is 1. The minimum absolute atomic E-state index is 0.0330. The fraction of sp³-hybridized carbons (Fsp3) is 0.161. The van der Waals surface area contributed by atoms with Crippen LogP contribution in [-0.4, -0.2) is 31.9 Å². The number of nitro groups is 1. The van der Waals surface area contributed by atoms with Crippen molar-refractivity contribution in [1.82, 2.24) is 9.58 Å². The van der Waals surface area contributed by atoms with Gasteiger partial charge in [0.05, 0.1) is 27.3 Å². The van der Waals surface area contributed by atoms with Gasteiger partial charge in [-0.3, -0.25) is 14.9 Å². The number of non-ortho nitro benzene ring substituents is 1. The lowest BCUT2D eigenvalue weighted by atomic mass is 10.00. The van der Waals surface area contributed by atoms with E-state index in [9.17, 15) is 14.9 Å². The fourth-order valence-corrected chi connectivity index (χ4v) is 6.63. The number of thioether (sulfide) groups is 1. The first kappa shape index (κ1) is 26.0. The van der Waals surface area contributed by atoms with E-state index in [2.05, 4.69) is 60.2 Å². The van der Waals surface area contributed by atoms with Crippen LogP contribution in [0.2, 0.25) is 0 Å². The highest BCUT2D eigenvalue weighted by Crippen LogP contribution is 2.36. The van der Waals surface area contributed by atoms with Crippen molar-refractivity contribution in [3.8, 4) is 0 Å². The second kappa shape index (κ2) is 11.1. The number of carbonyl (C=O) groups excluding carboxylic acids is 1. The van der Waals surface area contributed by atoms with Crippen molar-refractivity contribution in [2.45, 2.75) is 30.8 Å². The second-order valence-corrected chi connectivity index (χ2v) is 11.7. The Morgan fingerprint density at radius 1 is 1.05 bits per heavy atom. The second-order valence-electron chi connectivity index (χ2n) is 9.74. The van der Waals surface area contributed by atoms with Gasteiger partial charge in [0.1, 0.15) is 0 Å². The Bertz CT molecular complexity index is 1710. The largest absolute Gasteiger partial charge is 0.342 e. The summed E-state index contributed by atoms with van der Waals surface area (Å²) in [5, 5.41) is 20.6. The molecule has 0 radical (unpaired) electrons. The molecule has 7 nitrogen and oxygen atoms in total. The van der Waals surface area contributed by atoms with E-state index in [4.69, 9.17) is 5.10 Å². The van der Waals surface area contributed by atoms with E-state index in [1.54, 1.807) is 28.5 Å². The number of aryl methyl sites for hydroxylation is 1. The Labute approximate surface area is 239 Å². The fourth-order valence-electron chi connectivity index (χ4n) is 4.96. The molecule has 3 aromatic carbocycles. The van der Waals surface area contributed by atoms with Crippen molar-refractivity contribution in [2.75, 3.05) is 5.75 Å². The molecule has 0 saturated heterocycles. The van der Waals surface area contributed by atoms with Crippen molar-refractivity contribution in [1.29, 1.82) is 0 Å². The molecule has 0 N–H and O–H groups in total. The average molecular weight is 567 g/mol. The lowest BCUT2D eigenvalue weighted by Gasteiger charge is -2.22. The highest BCUT2D eigenvalue weighted by molar-refractivity contribution is 8.00. The van der Waals surface area contributed by atoms with Crippen LogP contribution in [0.4, 0.5) is 5.69 Å². The normalized spacial score (nSPS) is 15.0. The van der Waals surface area contributed by atoms with Gasteiger partial charge in [-0.1, -0.05) is 66.2 Å². The van der Waals surface area contributed by atoms with E-state index in [-0.39, 0.29) is 23.4 Å². The molecule has 5 aromatic rings. The number of nitro benzene ring substituents is 1. The molecule has 2 aromatic heterocycles. The molecule has 200 valence electrons. The summed E-state index contributed by atoms with van der Waals surface area (Å²) in [5.41, 5.74) is 5.30. The SMILES string of the molecule is Cc1ccc(C2CC(c3cccs3)=NN2C(=O)CSc2cn(Cc3ccc([N+](=O)[O-])cc3)c3ccccc23)cc1. The molecule has 0 aliphatic carbocycles. The van der Waals surface area contributed by atoms with E-state index in [1.165, 1.54) is 29.5 Å². The van der Waals surface area contributed by atoms with Crippen molar-refractivity contribution in [2.24, 2.45) is 5.10 Å². The van der Waals surface area contributed by atoms with Crippen LogP contribution in [0.1, 0.15) is 34.0 Å². The molecule has 1 unspecified atom stereocenters. The summed E-state index contributed by atoms with van der Waals surface area (Å²) in [5.74, 6) is 0.226. The van der Waals surface area contributed by atoms with Gasteiger partial charge in [-0.25, -0.2) is 5.01 Å². The van der Waals surface area contributed by atoms with E-state index < -0.39 is 4.92 Å². The number of amides is 1. The number of rotatable bonds is 8. The molecule has 0 spiro atoms. The third kappa shape index (κ3) is 5.30. The summed E-state index contributed by atoms with van der Waals surface area (Å²) >= 11 is 3.15. The molecule has 9 heteroatoms. The maximum Gasteiger partial charge on any atom is 0.269 e. The first-order chi connectivity index (χ1) is 19.5. The van der Waals surface area contributed by atoms with Gasteiger partial charge in [0, 0.05) is 47.1 Å². The summed E-state index contributed by atoms with van der Waals surface area (Å²) in [6.07, 6.45) is 2.75. The van der Waals surface area contributed by atoms with E-state index in [0.29, 0.717) is 13.0 Å². The van der Waals surface area contributed by atoms with E-state index >= 15 is 0 Å². The van der Waals surface area contributed by atoms with Crippen molar-refractivity contribution in [3.05, 3.63) is 128 Å². The highest BCUT2D eigenvalue weighted by atomic mass is 32.2. The summed E-state index contributed by atoms with van der Waals surface area (Å²) in [6, 6.07) is 27.0. The number of hydrazone groups is 1. The summed E-state index contributed by atoms with van der Waals surface area (Å²) in [7, 11) is 0. The molecule has 3 heterocycles. The molecule has 1 amide bonds. The summed E-state index contributed by atoms with van der Waals surface area (Å²) < 4.78 is 2.13. The van der Waals surface area contributed by atoms with Gasteiger partial charge in [-0.2, -0.15) is 5.10 Å². The first-order valence-corrected chi connectivity index (χ1v) is 14.8. The predicted molar refractivity (Wildman–Crippen MR) is 161 cm³/mol. The van der Waals surface area contributed by atoms with Gasteiger partial charge in [0.2, 0.25) is 0 Å². The topological polar surface area (TPSA) is 80.7 Å². The molecule has 1 aliphatic rings. The van der Waals surface area contributed by atoms with Crippen molar-refractivity contribution >= 4 is 51.3 Å². The van der Waals surface area contributed by atoms with Gasteiger partial charge in [-0.15, -0.1) is 23.1 Å². The predicted octanol–water partition coefficient (Wildman–Crippen LogP) is 7.44. The molecule has 0 fully saturated rings. The number of fused-ring (bicyclic) bond motifs is 1. The maximum atomic E-state index is 13.6. The Hall–Kier alpha value is -4.21. The Morgan fingerprint density at radius 2 is 1.82 bits per heavy atom. The monoisotopic (exact) mass is 566 g/mol. The van der Waals surface area contributed by atoms with Crippen LogP contribution in [0.5, 0.6) is 0 Å². The molecule has 0 saturated carbocycles. The van der Waals surface area contributed by atoms with Gasteiger partial charge in [0.15, 0.2) is 0 Å². The molecule has 0 bridgehead atoms. The highest BCUT2D eigenvalue weighted by Gasteiger charge is 2.33. The molecular formula is C31H26N4O3S2. The number of hydrogen-bond donors (Lipinski definition) is 0. The van der Waals surface area contributed by atoms with Gasteiger partial charge >= 0.3 is 0 Å². The van der Waals surface area contributed by atoms with Crippen LogP contribution in [-0.2, 0) is 11.3 Å². The number of nitrogens with zero attached hydrogens (tertiary/aromatic N) is 4. The first-order valence-electron chi connectivity index (χ1n) is 12.9. The van der Waals surface area contributed by atoms with E-state index in [1.807, 2.05) is 23.6 Å². The van der Waals surface area contributed by atoms with Crippen molar-refractivity contribution < 1.29 is 9.72 Å². The minimum Gasteiger partial charge on any atom is -0.342 e. The molecule has 6 rings (SSSR count). The van der Waals surface area contributed by atoms with Crippen LogP contribution in [0.15, 0.2) is 107 Å². The van der Waals surface area contributed by atoms with Crippen molar-refractivity contribution in [3.63, 3.8) is 0 Å². The van der Waals surface area contributed by atoms with Gasteiger partial charge < -0.3 is 4.57 Å². The number of para-hydroxylation sites is 1. The molecular weight excluding hydrogens is 541 g/mol. The van der Waals surface area contributed by atoms with Crippen LogP contribution in [0, 0.1) is 17.0 Å². The minimum atomic E-state index is -0.391. The zero-order valence-electron chi connectivity index (χ0n) is 21.8. The average Bonchev–Trinajstić information content (AvgIpc) is 3.72. The standard InChI is InChI=1S/C31H26N4O3S2/c1-21-8-12-23(13-9-21)28-17-26(29-7-4-16-39-29)32-34(28)31(36)20-40-30-19-33(27-6-3-2-5-25(27)30)18-22-10-14-24(15-11-22)35(37)38/h2-16,19,28H,17-18,20H2,1H3. The van der Waals surface area contributed by atoms with Crippen LogP contribution in [0.25, 0.3) is 10.9 Å². The molecule has 40 heavy (non-hydrogen) atoms. The molecule has 1 aliphatic heterocycles. The Morgan fingerprint density at radius 3 is 2.55 bits per heavy atom. The zero-order chi connectivity index (χ0) is 27.6. The van der Waals surface area contributed by atoms with Crippen LogP contribution in [0.3, 0.4) is 0 Å². The van der Waals surface area contributed by atoms with Crippen LogP contribution < -0.4 is 0 Å². The Balaban J connectivity index is 1.23. The van der Waals surface area contributed by atoms with Gasteiger partial charge in [0.25, 0.3) is 11.6 Å². The lowest BCUT2D eigenvalue weighted by Crippen LogP contribution is -2.28. The zero-order valence-corrected chi connectivity index (χ0v) is 23.4. The quantitative estimate of drug-likeness (QED) is 0.111. The number of hydrogen-bond acceptors (Lipinski definition) is 6. The number of carbonyl (C=O) groups is 1. The van der Waals surface area contributed by atoms with Gasteiger partial charge in [-0.05, 0) is 35.6 Å². The third-order valence-electron chi connectivity index (χ3n) is 7.04. The number of aromatic nitrogens is 1. The lowest BCUT2D eigenvalue weighted by molar-refractivity contribution is -0.384.